The summed E-state index contributed by atoms with van der Waals surface area (Å²) in [5, 5.41) is 9.68. The van der Waals surface area contributed by atoms with Gasteiger partial charge in [-0.2, -0.15) is 0 Å². The summed E-state index contributed by atoms with van der Waals surface area (Å²) < 4.78 is 2.24. The molecule has 1 fully saturated rings. The van der Waals surface area contributed by atoms with Crippen molar-refractivity contribution in [1.82, 2.24) is 9.55 Å². The van der Waals surface area contributed by atoms with Crippen LogP contribution in [0.3, 0.4) is 0 Å². The van der Waals surface area contributed by atoms with Gasteiger partial charge in [-0.05, 0) is 30.9 Å². The van der Waals surface area contributed by atoms with Crippen LogP contribution in [0.15, 0.2) is 23.4 Å². The van der Waals surface area contributed by atoms with Crippen LogP contribution >= 0.6 is 11.8 Å². The van der Waals surface area contributed by atoms with E-state index in [9.17, 15) is 4.79 Å². The summed E-state index contributed by atoms with van der Waals surface area (Å²) in [6.07, 6.45) is 1.15. The van der Waals surface area contributed by atoms with Crippen molar-refractivity contribution < 1.29 is 9.90 Å². The Hall–Kier alpha value is -1.49. The molecule has 1 saturated carbocycles. The van der Waals surface area contributed by atoms with Gasteiger partial charge in [-0.15, -0.1) is 0 Å². The van der Waals surface area contributed by atoms with E-state index >= 15 is 0 Å². The summed E-state index contributed by atoms with van der Waals surface area (Å²) in [5.41, 5.74) is 3.32. The molecule has 1 N–H and O–H groups in total. The van der Waals surface area contributed by atoms with Gasteiger partial charge in [0.2, 0.25) is 0 Å². The Balaban J connectivity index is 2.09. The molecule has 0 amide bonds. The third-order valence-corrected chi connectivity index (χ3v) is 4.54. The average Bonchev–Trinajstić information content (AvgIpc) is 2.94. The Kier molecular flexibility index (Phi) is 3.01. The zero-order valence-corrected chi connectivity index (χ0v) is 11.8. The van der Waals surface area contributed by atoms with Crippen molar-refractivity contribution in [2.24, 2.45) is 5.92 Å². The maximum Gasteiger partial charge on any atom is 0.313 e. The smallest absolute Gasteiger partial charge is 0.313 e. The summed E-state index contributed by atoms with van der Waals surface area (Å²) in [6, 6.07) is 6.55. The zero-order valence-electron chi connectivity index (χ0n) is 11.0. The Labute approximate surface area is 115 Å². The maximum atomic E-state index is 10.8. The van der Waals surface area contributed by atoms with E-state index in [1.54, 1.807) is 0 Å². The van der Waals surface area contributed by atoms with E-state index in [0.29, 0.717) is 12.0 Å². The number of aliphatic carboxylic acids is 1. The van der Waals surface area contributed by atoms with Crippen molar-refractivity contribution in [3.63, 3.8) is 0 Å². The van der Waals surface area contributed by atoms with Crippen LogP contribution in [0.5, 0.6) is 0 Å². The molecule has 1 heterocycles. The molecular weight excluding hydrogens is 260 g/mol. The van der Waals surface area contributed by atoms with Crippen molar-refractivity contribution in [3.8, 4) is 0 Å². The molecule has 0 aliphatic heterocycles. The van der Waals surface area contributed by atoms with Gasteiger partial charge >= 0.3 is 5.97 Å². The summed E-state index contributed by atoms with van der Waals surface area (Å²) in [4.78, 5) is 15.4. The highest BCUT2D eigenvalue weighted by Crippen LogP contribution is 2.47. The van der Waals surface area contributed by atoms with Gasteiger partial charge in [-0.1, -0.05) is 30.8 Å². The number of rotatable bonds is 4. The van der Waals surface area contributed by atoms with Gasteiger partial charge in [-0.25, -0.2) is 4.98 Å². The van der Waals surface area contributed by atoms with E-state index in [4.69, 9.17) is 5.11 Å². The summed E-state index contributed by atoms with van der Waals surface area (Å²) >= 11 is 1.31. The largest absolute Gasteiger partial charge is 0.481 e. The molecule has 2 atom stereocenters. The van der Waals surface area contributed by atoms with Crippen LogP contribution in [-0.4, -0.2) is 26.4 Å². The zero-order chi connectivity index (χ0) is 13.6. The van der Waals surface area contributed by atoms with Crippen molar-refractivity contribution in [3.05, 3.63) is 23.8 Å². The van der Waals surface area contributed by atoms with E-state index in [-0.39, 0.29) is 5.75 Å². The van der Waals surface area contributed by atoms with Gasteiger partial charge in [0.15, 0.2) is 5.16 Å². The van der Waals surface area contributed by atoms with Crippen LogP contribution in [-0.2, 0) is 4.79 Å². The number of imidazole rings is 1. The quantitative estimate of drug-likeness (QED) is 0.872. The molecule has 3 rings (SSSR count). The lowest BCUT2D eigenvalue weighted by Crippen LogP contribution is -2.03. The lowest BCUT2D eigenvalue weighted by Gasteiger charge is -2.08. The molecule has 0 radical (unpaired) electrons. The van der Waals surface area contributed by atoms with Crippen LogP contribution in [0.2, 0.25) is 0 Å². The Morgan fingerprint density at radius 3 is 2.95 bits per heavy atom. The van der Waals surface area contributed by atoms with Crippen molar-refractivity contribution >= 4 is 28.8 Å². The highest BCUT2D eigenvalue weighted by Gasteiger charge is 2.37. The fraction of sp³-hybridized carbons (Fsp3) is 0.429. The second-order valence-corrected chi connectivity index (χ2v) is 6.11. The average molecular weight is 276 g/mol. The normalized spacial score (nSPS) is 21.8. The van der Waals surface area contributed by atoms with Gasteiger partial charge in [0, 0.05) is 6.04 Å². The van der Waals surface area contributed by atoms with Crippen molar-refractivity contribution in [1.29, 1.82) is 0 Å². The summed E-state index contributed by atoms with van der Waals surface area (Å²) in [7, 11) is 0. The second-order valence-electron chi connectivity index (χ2n) is 5.17. The molecule has 4 nitrogen and oxygen atoms in total. The van der Waals surface area contributed by atoms with Gasteiger partial charge in [0.1, 0.15) is 0 Å². The molecule has 1 aliphatic rings. The van der Waals surface area contributed by atoms with Crippen LogP contribution in [0.1, 0.15) is 24.9 Å². The number of fused-ring (bicyclic) bond motifs is 1. The third-order valence-electron chi connectivity index (χ3n) is 3.60. The molecule has 1 aromatic carbocycles. The number of thioether (sulfide) groups is 1. The number of carboxylic acid groups (broad SMARTS) is 1. The third kappa shape index (κ3) is 2.23. The van der Waals surface area contributed by atoms with Gasteiger partial charge in [0.05, 0.1) is 16.8 Å². The molecule has 0 spiro atoms. The van der Waals surface area contributed by atoms with E-state index in [1.165, 1.54) is 17.3 Å². The van der Waals surface area contributed by atoms with Crippen LogP contribution < -0.4 is 0 Å². The minimum absolute atomic E-state index is 0.0590. The molecular formula is C14H16N2O2S. The fourth-order valence-corrected chi connectivity index (χ4v) is 3.28. The fourth-order valence-electron chi connectivity index (χ4n) is 2.50. The first kappa shape index (κ1) is 12.5. The Bertz CT molecular complexity index is 650. The highest BCUT2D eigenvalue weighted by atomic mass is 32.2. The summed E-state index contributed by atoms with van der Waals surface area (Å²) in [5.74, 6) is -0.0888. The van der Waals surface area contributed by atoms with Crippen LogP contribution in [0, 0.1) is 12.8 Å². The van der Waals surface area contributed by atoms with E-state index in [2.05, 4.69) is 29.5 Å². The van der Waals surface area contributed by atoms with Gasteiger partial charge in [0.25, 0.3) is 0 Å². The Morgan fingerprint density at radius 2 is 2.32 bits per heavy atom. The maximum absolute atomic E-state index is 10.8. The van der Waals surface area contributed by atoms with E-state index in [1.807, 2.05) is 12.1 Å². The highest BCUT2D eigenvalue weighted by molar-refractivity contribution is 7.99. The molecule has 100 valence electrons. The van der Waals surface area contributed by atoms with Crippen LogP contribution in [0.25, 0.3) is 11.0 Å². The molecule has 19 heavy (non-hydrogen) atoms. The Morgan fingerprint density at radius 1 is 1.58 bits per heavy atom. The SMILES string of the molecule is Cc1cccc2nc(SCC(=O)O)n(C3CC3C)c12. The molecule has 0 saturated heterocycles. The van der Waals surface area contributed by atoms with E-state index in [0.717, 1.165) is 22.6 Å². The number of para-hydroxylation sites is 1. The number of nitrogens with zero attached hydrogens (tertiary/aromatic N) is 2. The number of hydrogen-bond acceptors (Lipinski definition) is 3. The molecule has 2 unspecified atom stereocenters. The number of aromatic nitrogens is 2. The predicted molar refractivity (Wildman–Crippen MR) is 75.6 cm³/mol. The minimum Gasteiger partial charge on any atom is -0.481 e. The first-order chi connectivity index (χ1) is 9.08. The molecule has 5 heteroatoms. The number of aryl methyl sites for hydroxylation is 1. The number of carbonyl (C=O) groups is 1. The monoisotopic (exact) mass is 276 g/mol. The molecule has 0 bridgehead atoms. The lowest BCUT2D eigenvalue weighted by atomic mass is 10.2. The van der Waals surface area contributed by atoms with Crippen molar-refractivity contribution in [2.75, 3.05) is 5.75 Å². The summed E-state index contributed by atoms with van der Waals surface area (Å²) in [6.45, 7) is 4.31. The number of carboxylic acids is 1. The standard InChI is InChI=1S/C14H16N2O2S/c1-8-4-3-5-10-13(8)16(11-6-9(11)2)14(15-10)19-7-12(17)18/h3-5,9,11H,6-7H2,1-2H3,(H,17,18). The van der Waals surface area contributed by atoms with Gasteiger partial charge < -0.3 is 9.67 Å². The molecule has 1 aromatic heterocycles. The molecule has 1 aliphatic carbocycles. The minimum atomic E-state index is -0.802. The number of hydrogen-bond donors (Lipinski definition) is 1. The molecule has 2 aromatic rings. The van der Waals surface area contributed by atoms with Crippen molar-refractivity contribution in [2.45, 2.75) is 31.5 Å². The second kappa shape index (κ2) is 4.56. The van der Waals surface area contributed by atoms with E-state index < -0.39 is 5.97 Å². The van der Waals surface area contributed by atoms with Crippen LogP contribution in [0.4, 0.5) is 0 Å². The lowest BCUT2D eigenvalue weighted by molar-refractivity contribution is -0.133. The first-order valence-corrected chi connectivity index (χ1v) is 7.38. The predicted octanol–water partition coefficient (Wildman–Crippen LogP) is 3.10. The van der Waals surface area contributed by atoms with Gasteiger partial charge in [-0.3, -0.25) is 4.79 Å². The topological polar surface area (TPSA) is 55.1 Å². The number of benzene rings is 1. The first-order valence-electron chi connectivity index (χ1n) is 6.40.